The number of carboxylic acids is 1. The third kappa shape index (κ3) is 5.28. The molecule has 1 amide bonds. The van der Waals surface area contributed by atoms with Crippen LogP contribution in [0.25, 0.3) is 0 Å². The van der Waals surface area contributed by atoms with E-state index in [4.69, 9.17) is 14.2 Å². The molecule has 1 aromatic heterocycles. The van der Waals surface area contributed by atoms with Crippen molar-refractivity contribution in [1.29, 1.82) is 0 Å². The van der Waals surface area contributed by atoms with Crippen molar-refractivity contribution in [2.45, 2.75) is 51.0 Å². The minimum absolute atomic E-state index is 0.0509. The smallest absolute Gasteiger partial charge is 0.341 e. The summed E-state index contributed by atoms with van der Waals surface area (Å²) in [6, 6.07) is 7.07. The highest BCUT2D eigenvalue weighted by Crippen LogP contribution is 2.36. The van der Waals surface area contributed by atoms with Crippen molar-refractivity contribution in [1.82, 2.24) is 25.5 Å². The van der Waals surface area contributed by atoms with E-state index in [2.05, 4.69) is 20.8 Å². The SMILES string of the molecule is CN(C)c1cccc(Oc2nnnn2[C@H]2CO[C@H]3[C@@H]2OC[C@@H]3NC(=O)CC(C)(C)CC(=O)[O-])c1. The molecule has 3 heterocycles. The van der Waals surface area contributed by atoms with E-state index in [9.17, 15) is 14.7 Å². The molecule has 0 unspecified atom stereocenters. The van der Waals surface area contributed by atoms with Crippen LogP contribution in [0.15, 0.2) is 24.3 Å². The molecule has 2 aliphatic heterocycles. The molecule has 34 heavy (non-hydrogen) atoms. The summed E-state index contributed by atoms with van der Waals surface area (Å²) in [7, 11) is 3.88. The molecule has 184 valence electrons. The van der Waals surface area contributed by atoms with Gasteiger partial charge in [-0.05, 0) is 34.4 Å². The summed E-state index contributed by atoms with van der Waals surface area (Å²) in [4.78, 5) is 25.4. The molecular weight excluding hydrogens is 444 g/mol. The van der Waals surface area contributed by atoms with Crippen LogP contribution in [0.4, 0.5) is 5.69 Å². The van der Waals surface area contributed by atoms with Crippen molar-refractivity contribution in [3.05, 3.63) is 24.3 Å². The summed E-state index contributed by atoms with van der Waals surface area (Å²) < 4.78 is 19.4. The average molecular weight is 474 g/mol. The molecule has 4 rings (SSSR count). The van der Waals surface area contributed by atoms with Gasteiger partial charge >= 0.3 is 6.01 Å². The highest BCUT2D eigenvalue weighted by molar-refractivity contribution is 5.78. The van der Waals surface area contributed by atoms with E-state index in [-0.39, 0.29) is 62.3 Å². The Hall–Kier alpha value is -3.25. The number of ether oxygens (including phenoxy) is 3. The van der Waals surface area contributed by atoms with E-state index in [1.165, 1.54) is 0 Å². The van der Waals surface area contributed by atoms with Gasteiger partial charge in [0.15, 0.2) is 0 Å². The number of aliphatic carboxylic acids is 1. The second-order valence-corrected chi connectivity index (χ2v) is 9.63. The second kappa shape index (κ2) is 9.55. The van der Waals surface area contributed by atoms with Crippen molar-refractivity contribution < 1.29 is 28.9 Å². The summed E-state index contributed by atoms with van der Waals surface area (Å²) >= 11 is 0. The molecule has 2 aliphatic rings. The first kappa shape index (κ1) is 23.9. The van der Waals surface area contributed by atoms with Gasteiger partial charge in [-0.2, -0.15) is 4.68 Å². The average Bonchev–Trinajstić information content (AvgIpc) is 3.44. The fourth-order valence-corrected chi connectivity index (χ4v) is 4.35. The van der Waals surface area contributed by atoms with Gasteiger partial charge in [-0.15, -0.1) is 0 Å². The van der Waals surface area contributed by atoms with Gasteiger partial charge in [0.2, 0.25) is 5.91 Å². The molecule has 2 fully saturated rings. The number of tetrazole rings is 1. The van der Waals surface area contributed by atoms with Crippen LogP contribution in [-0.4, -0.2) is 77.6 Å². The molecule has 0 spiro atoms. The van der Waals surface area contributed by atoms with Crippen molar-refractivity contribution in [2.24, 2.45) is 5.41 Å². The predicted octanol–water partition coefficient (Wildman–Crippen LogP) is -0.0888. The van der Waals surface area contributed by atoms with Crippen LogP contribution in [0, 0.1) is 5.41 Å². The summed E-state index contributed by atoms with van der Waals surface area (Å²) in [6.45, 7) is 3.98. The third-order valence-corrected chi connectivity index (χ3v) is 5.96. The molecule has 0 radical (unpaired) electrons. The van der Waals surface area contributed by atoms with E-state index >= 15 is 0 Å². The van der Waals surface area contributed by atoms with Gasteiger partial charge in [-0.3, -0.25) is 4.79 Å². The fraction of sp³-hybridized carbons (Fsp3) is 0.591. The van der Waals surface area contributed by atoms with Crippen molar-refractivity contribution in [3.63, 3.8) is 0 Å². The lowest BCUT2D eigenvalue weighted by Gasteiger charge is -2.26. The monoisotopic (exact) mass is 473 g/mol. The van der Waals surface area contributed by atoms with Gasteiger partial charge < -0.3 is 34.3 Å². The van der Waals surface area contributed by atoms with E-state index in [1.807, 2.05) is 43.3 Å². The maximum Gasteiger partial charge on any atom is 0.341 e. The summed E-state index contributed by atoms with van der Waals surface area (Å²) in [5.41, 5.74) is 0.255. The third-order valence-electron chi connectivity index (χ3n) is 5.96. The Bertz CT molecular complexity index is 1040. The molecule has 2 saturated heterocycles. The quantitative estimate of drug-likeness (QED) is 0.525. The van der Waals surface area contributed by atoms with Crippen LogP contribution in [0.2, 0.25) is 0 Å². The van der Waals surface area contributed by atoms with Crippen molar-refractivity contribution >= 4 is 17.6 Å². The molecule has 2 aromatic rings. The molecule has 1 aromatic carbocycles. The first-order valence-electron chi connectivity index (χ1n) is 11.1. The molecule has 12 nitrogen and oxygen atoms in total. The molecular formula is C22H29N6O6-. The summed E-state index contributed by atoms with van der Waals surface area (Å²) in [5, 5.41) is 25.7. The Kier molecular flexibility index (Phi) is 6.71. The Morgan fingerprint density at radius 2 is 2.00 bits per heavy atom. The van der Waals surface area contributed by atoms with Gasteiger partial charge in [0.25, 0.3) is 0 Å². The number of hydrogen-bond donors (Lipinski definition) is 1. The highest BCUT2D eigenvalue weighted by atomic mass is 16.6. The lowest BCUT2D eigenvalue weighted by atomic mass is 9.85. The fourth-order valence-electron chi connectivity index (χ4n) is 4.35. The zero-order valence-electron chi connectivity index (χ0n) is 19.6. The number of rotatable bonds is 9. The van der Waals surface area contributed by atoms with Crippen LogP contribution in [0.1, 0.15) is 32.7 Å². The number of nitrogens with one attached hydrogen (secondary N) is 1. The van der Waals surface area contributed by atoms with Gasteiger partial charge in [0.1, 0.15) is 24.0 Å². The van der Waals surface area contributed by atoms with E-state index in [1.54, 1.807) is 18.5 Å². The Balaban J connectivity index is 1.40. The largest absolute Gasteiger partial charge is 0.550 e. The first-order valence-corrected chi connectivity index (χ1v) is 11.1. The van der Waals surface area contributed by atoms with Crippen LogP contribution < -0.4 is 20.1 Å². The Labute approximate surface area is 197 Å². The summed E-state index contributed by atoms with van der Waals surface area (Å²) in [6.07, 6.45) is -0.908. The minimum atomic E-state index is -1.18. The van der Waals surface area contributed by atoms with Crippen LogP contribution in [-0.2, 0) is 19.1 Å². The Morgan fingerprint density at radius 1 is 1.24 bits per heavy atom. The molecule has 1 N–H and O–H groups in total. The standard InChI is InChI=1S/C22H30N6O6/c1-22(2,10-18(30)31)9-17(29)23-15-11-32-20-16(12-33-19(15)20)28-21(24-25-26-28)34-14-7-5-6-13(8-14)27(3)4/h5-8,15-16,19-20H,9-12H2,1-4H3,(H,23,29)(H,30,31)/p-1/t15-,16-,19+,20+/m0/s1. The maximum absolute atomic E-state index is 12.5. The predicted molar refractivity (Wildman–Crippen MR) is 117 cm³/mol. The summed E-state index contributed by atoms with van der Waals surface area (Å²) in [5.74, 6) is -0.855. The van der Waals surface area contributed by atoms with E-state index in [0.29, 0.717) is 5.75 Å². The number of aromatic nitrogens is 4. The lowest BCUT2D eigenvalue weighted by molar-refractivity contribution is -0.307. The number of nitrogens with zero attached hydrogens (tertiary/aromatic N) is 5. The van der Waals surface area contributed by atoms with Crippen LogP contribution >= 0.6 is 0 Å². The van der Waals surface area contributed by atoms with Gasteiger partial charge in [0, 0.05) is 38.2 Å². The maximum atomic E-state index is 12.5. The normalized spacial score (nSPS) is 24.0. The van der Waals surface area contributed by atoms with Crippen molar-refractivity contribution in [2.75, 3.05) is 32.2 Å². The van der Waals surface area contributed by atoms with E-state index in [0.717, 1.165) is 5.69 Å². The minimum Gasteiger partial charge on any atom is -0.550 e. The lowest BCUT2D eigenvalue weighted by Crippen LogP contribution is -2.45. The number of hydrogen-bond acceptors (Lipinski definition) is 10. The molecule has 0 saturated carbocycles. The zero-order valence-corrected chi connectivity index (χ0v) is 19.6. The number of carboxylic acid groups (broad SMARTS) is 1. The number of carbonyl (C=O) groups excluding carboxylic acids is 2. The molecule has 0 aliphatic carbocycles. The van der Waals surface area contributed by atoms with Crippen molar-refractivity contribution in [3.8, 4) is 11.8 Å². The molecule has 4 atom stereocenters. The number of fused-ring (bicyclic) bond motifs is 1. The van der Waals surface area contributed by atoms with Gasteiger partial charge in [-0.25, -0.2) is 0 Å². The molecule has 12 heteroatoms. The first-order chi connectivity index (χ1) is 16.1. The number of amides is 1. The van der Waals surface area contributed by atoms with Gasteiger partial charge in [-0.1, -0.05) is 25.0 Å². The number of benzene rings is 1. The zero-order chi connectivity index (χ0) is 24.5. The number of anilines is 1. The second-order valence-electron chi connectivity index (χ2n) is 9.63. The molecule has 0 bridgehead atoms. The van der Waals surface area contributed by atoms with Crippen LogP contribution in [0.5, 0.6) is 11.8 Å². The Morgan fingerprint density at radius 3 is 2.74 bits per heavy atom. The van der Waals surface area contributed by atoms with Crippen LogP contribution in [0.3, 0.4) is 0 Å². The van der Waals surface area contributed by atoms with E-state index < -0.39 is 11.4 Å². The highest BCUT2D eigenvalue weighted by Gasteiger charge is 2.50. The topological polar surface area (TPSA) is 144 Å². The number of carbonyl (C=O) groups is 2. The van der Waals surface area contributed by atoms with Gasteiger partial charge in [0.05, 0.1) is 19.3 Å².